The van der Waals surface area contributed by atoms with E-state index < -0.39 is 12.2 Å². The lowest BCUT2D eigenvalue weighted by atomic mass is 10.1. The van der Waals surface area contributed by atoms with Gasteiger partial charge in [-0.1, -0.05) is 0 Å². The van der Waals surface area contributed by atoms with Crippen LogP contribution in [0.15, 0.2) is 30.3 Å². The minimum atomic E-state index is -0.620. The summed E-state index contributed by atoms with van der Waals surface area (Å²) in [6.07, 6.45) is -0.620. The van der Waals surface area contributed by atoms with E-state index in [9.17, 15) is 4.79 Å². The van der Waals surface area contributed by atoms with Crippen LogP contribution in [0.25, 0.3) is 0 Å². The molecule has 0 aromatic heterocycles. The molecule has 25 heavy (non-hydrogen) atoms. The molecule has 0 aliphatic carbocycles. The molecule has 2 heterocycles. The Morgan fingerprint density at radius 1 is 1.04 bits per heavy atom. The quantitative estimate of drug-likeness (QED) is 0.856. The number of fused-ring (bicyclic) bond motifs is 2. The number of esters is 1. The minimum absolute atomic E-state index is 0.372. The second kappa shape index (κ2) is 6.08. The van der Waals surface area contributed by atoms with E-state index in [1.54, 1.807) is 12.1 Å². The van der Waals surface area contributed by atoms with E-state index in [-0.39, 0.29) is 0 Å². The van der Waals surface area contributed by atoms with Crippen molar-refractivity contribution >= 4 is 11.7 Å². The fourth-order valence-corrected chi connectivity index (χ4v) is 2.99. The molecule has 2 aromatic carbocycles. The summed E-state index contributed by atoms with van der Waals surface area (Å²) < 4.78 is 27.1. The molecule has 0 fully saturated rings. The number of carbonyl (C=O) groups excluding carboxylic acids is 1. The lowest BCUT2D eigenvalue weighted by Gasteiger charge is -2.20. The van der Waals surface area contributed by atoms with Crippen LogP contribution in [0.4, 0.5) is 5.69 Å². The van der Waals surface area contributed by atoms with Crippen LogP contribution >= 0.6 is 0 Å². The lowest BCUT2D eigenvalue weighted by molar-refractivity contribution is 0.0435. The number of anilines is 1. The molecule has 0 spiro atoms. The highest BCUT2D eigenvalue weighted by Gasteiger charge is 2.36. The lowest BCUT2D eigenvalue weighted by Crippen LogP contribution is -2.16. The van der Waals surface area contributed by atoms with E-state index in [0.717, 1.165) is 5.69 Å². The van der Waals surface area contributed by atoms with Gasteiger partial charge in [0.2, 0.25) is 6.23 Å². The molecule has 0 bridgehead atoms. The SMILES string of the molecule is COc1ccc2c(c1OC)C(=O)OC2Nc1ccc2c(c1)OCCO2. The van der Waals surface area contributed by atoms with E-state index in [1.807, 2.05) is 18.2 Å². The highest BCUT2D eigenvalue weighted by molar-refractivity contribution is 5.98. The average molecular weight is 343 g/mol. The smallest absolute Gasteiger partial charge is 0.344 e. The molecule has 1 atom stereocenters. The summed E-state index contributed by atoms with van der Waals surface area (Å²) >= 11 is 0. The van der Waals surface area contributed by atoms with Crippen LogP contribution < -0.4 is 24.3 Å². The maximum atomic E-state index is 12.3. The Morgan fingerprint density at radius 2 is 1.84 bits per heavy atom. The van der Waals surface area contributed by atoms with Gasteiger partial charge in [-0.3, -0.25) is 0 Å². The summed E-state index contributed by atoms with van der Waals surface area (Å²) in [5.74, 6) is 1.76. The number of carbonyl (C=O) groups is 1. The van der Waals surface area contributed by atoms with Crippen molar-refractivity contribution in [1.82, 2.24) is 0 Å². The second-order valence-electron chi connectivity index (χ2n) is 5.55. The first-order valence-electron chi connectivity index (χ1n) is 7.83. The van der Waals surface area contributed by atoms with Gasteiger partial charge < -0.3 is 29.0 Å². The third-order valence-electron chi connectivity index (χ3n) is 4.13. The van der Waals surface area contributed by atoms with Crippen LogP contribution in [0.5, 0.6) is 23.0 Å². The summed E-state index contributed by atoms with van der Waals surface area (Å²) in [5, 5.41) is 3.19. The van der Waals surface area contributed by atoms with Crippen LogP contribution in [-0.4, -0.2) is 33.4 Å². The Kier molecular flexibility index (Phi) is 3.76. The highest BCUT2D eigenvalue weighted by atomic mass is 16.6. The predicted molar refractivity (Wildman–Crippen MR) is 88.8 cm³/mol. The van der Waals surface area contributed by atoms with Crippen molar-refractivity contribution in [2.75, 3.05) is 32.8 Å². The maximum Gasteiger partial charge on any atom is 0.344 e. The van der Waals surface area contributed by atoms with Crippen LogP contribution in [0.3, 0.4) is 0 Å². The van der Waals surface area contributed by atoms with Gasteiger partial charge >= 0.3 is 5.97 Å². The van der Waals surface area contributed by atoms with Gasteiger partial charge in [0, 0.05) is 17.3 Å². The first kappa shape index (κ1) is 15.4. The molecule has 7 nitrogen and oxygen atoms in total. The van der Waals surface area contributed by atoms with E-state index in [0.29, 0.717) is 47.3 Å². The third-order valence-corrected chi connectivity index (χ3v) is 4.13. The average Bonchev–Trinajstić information content (AvgIpc) is 2.96. The van der Waals surface area contributed by atoms with Crippen LogP contribution in [-0.2, 0) is 4.74 Å². The van der Waals surface area contributed by atoms with E-state index >= 15 is 0 Å². The molecule has 2 aliphatic rings. The van der Waals surface area contributed by atoms with Crippen LogP contribution in [0.2, 0.25) is 0 Å². The minimum Gasteiger partial charge on any atom is -0.493 e. The van der Waals surface area contributed by atoms with Crippen molar-refractivity contribution in [3.05, 3.63) is 41.5 Å². The van der Waals surface area contributed by atoms with Crippen molar-refractivity contribution in [1.29, 1.82) is 0 Å². The number of hydrogen-bond donors (Lipinski definition) is 1. The first-order valence-corrected chi connectivity index (χ1v) is 7.83. The molecule has 0 radical (unpaired) electrons. The Bertz CT molecular complexity index is 835. The number of rotatable bonds is 4. The number of ether oxygens (including phenoxy) is 5. The molecule has 0 saturated heterocycles. The van der Waals surface area contributed by atoms with Gasteiger partial charge in [-0.05, 0) is 24.3 Å². The summed E-state index contributed by atoms with van der Waals surface area (Å²) in [4.78, 5) is 12.3. The molecule has 2 aromatic rings. The molecule has 7 heteroatoms. The number of nitrogens with one attached hydrogen (secondary N) is 1. The van der Waals surface area contributed by atoms with Crippen molar-refractivity contribution in [2.24, 2.45) is 0 Å². The molecule has 1 unspecified atom stereocenters. The van der Waals surface area contributed by atoms with Gasteiger partial charge in [0.1, 0.15) is 18.8 Å². The summed E-state index contributed by atoms with van der Waals surface area (Å²) in [7, 11) is 3.02. The van der Waals surface area contributed by atoms with Gasteiger partial charge in [0.15, 0.2) is 23.0 Å². The molecule has 4 rings (SSSR count). The monoisotopic (exact) mass is 343 g/mol. The van der Waals surface area contributed by atoms with Gasteiger partial charge in [0.05, 0.1) is 14.2 Å². The molecular weight excluding hydrogens is 326 g/mol. The van der Waals surface area contributed by atoms with Crippen LogP contribution in [0, 0.1) is 0 Å². The fourth-order valence-electron chi connectivity index (χ4n) is 2.99. The molecule has 130 valence electrons. The molecule has 1 N–H and O–H groups in total. The van der Waals surface area contributed by atoms with E-state index in [1.165, 1.54) is 14.2 Å². The normalized spacial score (nSPS) is 17.5. The number of benzene rings is 2. The largest absolute Gasteiger partial charge is 0.493 e. The zero-order valence-corrected chi connectivity index (χ0v) is 13.8. The Hall–Kier alpha value is -3.09. The molecule has 0 amide bonds. The van der Waals surface area contributed by atoms with E-state index in [2.05, 4.69) is 5.32 Å². The van der Waals surface area contributed by atoms with Gasteiger partial charge in [-0.15, -0.1) is 0 Å². The maximum absolute atomic E-state index is 12.3. The van der Waals surface area contributed by atoms with Crippen LogP contribution in [0.1, 0.15) is 22.1 Å². The van der Waals surface area contributed by atoms with Crippen molar-refractivity contribution < 1.29 is 28.5 Å². The second-order valence-corrected chi connectivity index (χ2v) is 5.55. The number of hydrogen-bond acceptors (Lipinski definition) is 7. The van der Waals surface area contributed by atoms with Gasteiger partial charge in [-0.25, -0.2) is 4.79 Å². The molecule has 2 aliphatic heterocycles. The highest BCUT2D eigenvalue weighted by Crippen LogP contribution is 2.42. The Morgan fingerprint density at radius 3 is 2.60 bits per heavy atom. The number of methoxy groups -OCH3 is 2. The summed E-state index contributed by atoms with van der Waals surface area (Å²) in [5.41, 5.74) is 1.82. The molecule has 0 saturated carbocycles. The number of cyclic esters (lactones) is 1. The third kappa shape index (κ3) is 2.57. The predicted octanol–water partition coefficient (Wildman–Crippen LogP) is 2.76. The Balaban J connectivity index is 1.65. The zero-order valence-electron chi connectivity index (χ0n) is 13.8. The van der Waals surface area contributed by atoms with Crippen molar-refractivity contribution in [3.8, 4) is 23.0 Å². The fraction of sp³-hybridized carbons (Fsp3) is 0.278. The van der Waals surface area contributed by atoms with Crippen molar-refractivity contribution in [2.45, 2.75) is 6.23 Å². The summed E-state index contributed by atoms with van der Waals surface area (Å²) in [6, 6.07) is 9.03. The van der Waals surface area contributed by atoms with Gasteiger partial charge in [0.25, 0.3) is 0 Å². The van der Waals surface area contributed by atoms with Crippen molar-refractivity contribution in [3.63, 3.8) is 0 Å². The molecular formula is C18H17NO6. The standard InChI is InChI=1S/C18H17NO6/c1-21-13-6-4-11-15(16(13)22-2)18(20)25-17(11)19-10-3-5-12-14(9-10)24-8-7-23-12/h3-6,9,17,19H,7-8H2,1-2H3. The van der Waals surface area contributed by atoms with E-state index in [4.69, 9.17) is 23.7 Å². The Labute approximate surface area is 144 Å². The first-order chi connectivity index (χ1) is 12.2. The van der Waals surface area contributed by atoms with Gasteiger partial charge in [-0.2, -0.15) is 0 Å². The zero-order chi connectivity index (χ0) is 17.4. The topological polar surface area (TPSA) is 75.3 Å². The summed E-state index contributed by atoms with van der Waals surface area (Å²) in [6.45, 7) is 1.05.